The summed E-state index contributed by atoms with van der Waals surface area (Å²) in [5.41, 5.74) is 6.24. The molecule has 2 N–H and O–H groups in total. The third-order valence-electron chi connectivity index (χ3n) is 3.52. The predicted molar refractivity (Wildman–Crippen MR) is 90.1 cm³/mol. The summed E-state index contributed by atoms with van der Waals surface area (Å²) >= 11 is 1.86. The third-order valence-corrected chi connectivity index (χ3v) is 5.14. The van der Waals surface area contributed by atoms with Gasteiger partial charge in [-0.15, -0.1) is 11.3 Å². The number of hydrogen-bond donors (Lipinski definition) is 1. The Morgan fingerprint density at radius 1 is 1.14 bits per heavy atom. The first-order chi connectivity index (χ1) is 9.93. The van der Waals surface area contributed by atoms with Crippen molar-refractivity contribution in [2.75, 3.05) is 47.1 Å². The molecule has 0 aliphatic carbocycles. The second-order valence-electron chi connectivity index (χ2n) is 6.23. The number of nitrogens with two attached hydrogens (primary N) is 1. The SMILES string of the molecule is COCCN(CCOC)C(CN)c1ccc(C(C)(C)C)s1. The zero-order valence-electron chi connectivity index (χ0n) is 14.0. The highest BCUT2D eigenvalue weighted by molar-refractivity contribution is 7.12. The molecular formula is C16H30N2O2S. The number of methoxy groups -OCH3 is 2. The lowest BCUT2D eigenvalue weighted by Crippen LogP contribution is -2.37. The molecule has 0 amide bonds. The first-order valence-electron chi connectivity index (χ1n) is 7.46. The van der Waals surface area contributed by atoms with Gasteiger partial charge >= 0.3 is 0 Å². The zero-order valence-corrected chi connectivity index (χ0v) is 14.8. The molecule has 0 aliphatic heterocycles. The van der Waals surface area contributed by atoms with Crippen LogP contribution in [0.25, 0.3) is 0 Å². The largest absolute Gasteiger partial charge is 0.383 e. The fraction of sp³-hybridized carbons (Fsp3) is 0.750. The molecular weight excluding hydrogens is 284 g/mol. The topological polar surface area (TPSA) is 47.7 Å². The fourth-order valence-corrected chi connectivity index (χ4v) is 3.43. The first kappa shape index (κ1) is 18.6. The van der Waals surface area contributed by atoms with Gasteiger partial charge in [0.25, 0.3) is 0 Å². The van der Waals surface area contributed by atoms with Gasteiger partial charge in [0.2, 0.25) is 0 Å². The molecule has 0 aromatic carbocycles. The van der Waals surface area contributed by atoms with E-state index in [1.54, 1.807) is 14.2 Å². The van der Waals surface area contributed by atoms with Crippen LogP contribution in [0.1, 0.15) is 36.6 Å². The number of ether oxygens (including phenoxy) is 2. The van der Waals surface area contributed by atoms with Crippen molar-refractivity contribution in [3.8, 4) is 0 Å². The second-order valence-corrected chi connectivity index (χ2v) is 7.34. The maximum absolute atomic E-state index is 6.05. The Morgan fingerprint density at radius 2 is 1.71 bits per heavy atom. The Bertz CT molecular complexity index is 393. The van der Waals surface area contributed by atoms with Crippen LogP contribution >= 0.6 is 11.3 Å². The highest BCUT2D eigenvalue weighted by Gasteiger charge is 2.23. The predicted octanol–water partition coefficient (Wildman–Crippen LogP) is 2.64. The van der Waals surface area contributed by atoms with E-state index in [4.69, 9.17) is 15.2 Å². The summed E-state index contributed by atoms with van der Waals surface area (Å²) in [6.07, 6.45) is 0. The van der Waals surface area contributed by atoms with Crippen LogP contribution in [0.5, 0.6) is 0 Å². The lowest BCUT2D eigenvalue weighted by Gasteiger charge is -2.30. The quantitative estimate of drug-likeness (QED) is 0.761. The van der Waals surface area contributed by atoms with E-state index in [1.165, 1.54) is 9.75 Å². The van der Waals surface area contributed by atoms with Crippen LogP contribution in [0.4, 0.5) is 0 Å². The van der Waals surface area contributed by atoms with Crippen molar-refractivity contribution >= 4 is 11.3 Å². The van der Waals surface area contributed by atoms with Crippen molar-refractivity contribution in [1.29, 1.82) is 0 Å². The molecule has 0 radical (unpaired) electrons. The van der Waals surface area contributed by atoms with Crippen molar-refractivity contribution in [3.63, 3.8) is 0 Å². The van der Waals surface area contributed by atoms with Crippen LogP contribution in [-0.4, -0.2) is 52.0 Å². The van der Waals surface area contributed by atoms with E-state index in [2.05, 4.69) is 37.8 Å². The smallest absolute Gasteiger partial charge is 0.0589 e. The number of hydrogen-bond acceptors (Lipinski definition) is 5. The molecule has 1 rings (SSSR count). The minimum Gasteiger partial charge on any atom is -0.383 e. The molecule has 21 heavy (non-hydrogen) atoms. The van der Waals surface area contributed by atoms with E-state index < -0.39 is 0 Å². The standard InChI is InChI=1S/C16H30N2O2S/c1-16(2,3)15-7-6-14(21-15)13(12-17)18(8-10-19-4)9-11-20-5/h6-7,13H,8-12,17H2,1-5H3. The van der Waals surface area contributed by atoms with Gasteiger partial charge in [0.1, 0.15) is 0 Å². The van der Waals surface area contributed by atoms with E-state index in [0.29, 0.717) is 19.8 Å². The van der Waals surface area contributed by atoms with Crippen LogP contribution in [0, 0.1) is 0 Å². The monoisotopic (exact) mass is 314 g/mol. The highest BCUT2D eigenvalue weighted by atomic mass is 32.1. The molecule has 1 aromatic heterocycles. The van der Waals surface area contributed by atoms with Crippen LogP contribution in [0.3, 0.4) is 0 Å². The Hall–Kier alpha value is -0.460. The summed E-state index contributed by atoms with van der Waals surface area (Å²) in [6, 6.07) is 4.68. The van der Waals surface area contributed by atoms with Gasteiger partial charge in [0, 0.05) is 43.6 Å². The number of rotatable bonds is 9. The van der Waals surface area contributed by atoms with Gasteiger partial charge in [0.15, 0.2) is 0 Å². The Balaban J connectivity index is 2.87. The average molecular weight is 314 g/mol. The van der Waals surface area contributed by atoms with Gasteiger partial charge in [-0.1, -0.05) is 20.8 Å². The molecule has 5 heteroatoms. The average Bonchev–Trinajstić information content (AvgIpc) is 2.91. The van der Waals surface area contributed by atoms with Crippen LogP contribution in [0.2, 0.25) is 0 Å². The van der Waals surface area contributed by atoms with Crippen molar-refractivity contribution < 1.29 is 9.47 Å². The van der Waals surface area contributed by atoms with Crippen LogP contribution in [-0.2, 0) is 14.9 Å². The van der Waals surface area contributed by atoms with E-state index in [0.717, 1.165) is 13.1 Å². The fourth-order valence-electron chi connectivity index (χ4n) is 2.22. The molecule has 0 spiro atoms. The molecule has 1 unspecified atom stereocenters. The Labute approximate surface area is 133 Å². The van der Waals surface area contributed by atoms with Crippen molar-refractivity contribution in [2.24, 2.45) is 5.73 Å². The van der Waals surface area contributed by atoms with Gasteiger partial charge in [0.05, 0.1) is 19.3 Å². The van der Waals surface area contributed by atoms with Crippen LogP contribution in [0.15, 0.2) is 12.1 Å². The van der Waals surface area contributed by atoms with Crippen LogP contribution < -0.4 is 5.73 Å². The number of nitrogens with zero attached hydrogens (tertiary/aromatic N) is 1. The first-order valence-corrected chi connectivity index (χ1v) is 8.28. The molecule has 0 aliphatic rings. The van der Waals surface area contributed by atoms with E-state index in [1.807, 2.05) is 11.3 Å². The Morgan fingerprint density at radius 3 is 2.10 bits per heavy atom. The van der Waals surface area contributed by atoms with E-state index in [-0.39, 0.29) is 11.5 Å². The molecule has 1 heterocycles. The zero-order chi connectivity index (χ0) is 15.9. The van der Waals surface area contributed by atoms with Gasteiger partial charge in [-0.25, -0.2) is 0 Å². The summed E-state index contributed by atoms with van der Waals surface area (Å²) in [6.45, 7) is 10.5. The van der Waals surface area contributed by atoms with E-state index >= 15 is 0 Å². The van der Waals surface area contributed by atoms with Crippen molar-refractivity contribution in [1.82, 2.24) is 4.90 Å². The molecule has 0 fully saturated rings. The highest BCUT2D eigenvalue weighted by Crippen LogP contribution is 2.34. The molecule has 1 atom stereocenters. The molecule has 122 valence electrons. The summed E-state index contributed by atoms with van der Waals surface area (Å²) in [4.78, 5) is 5.08. The summed E-state index contributed by atoms with van der Waals surface area (Å²) in [7, 11) is 3.46. The molecule has 4 nitrogen and oxygen atoms in total. The summed E-state index contributed by atoms with van der Waals surface area (Å²) in [5.74, 6) is 0. The summed E-state index contributed by atoms with van der Waals surface area (Å²) < 4.78 is 10.4. The van der Waals surface area contributed by atoms with Gasteiger partial charge in [-0.3, -0.25) is 4.90 Å². The lowest BCUT2D eigenvalue weighted by atomic mass is 9.95. The van der Waals surface area contributed by atoms with Gasteiger partial charge in [-0.2, -0.15) is 0 Å². The maximum atomic E-state index is 6.05. The Kier molecular flexibility index (Phi) is 7.84. The second kappa shape index (κ2) is 8.86. The normalized spacial score (nSPS) is 13.9. The number of thiophene rings is 1. The van der Waals surface area contributed by atoms with E-state index in [9.17, 15) is 0 Å². The summed E-state index contributed by atoms with van der Waals surface area (Å²) in [5, 5.41) is 0. The lowest BCUT2D eigenvalue weighted by molar-refractivity contribution is 0.0901. The molecule has 1 aromatic rings. The maximum Gasteiger partial charge on any atom is 0.0589 e. The van der Waals surface area contributed by atoms with Gasteiger partial charge < -0.3 is 15.2 Å². The molecule has 0 saturated heterocycles. The van der Waals surface area contributed by atoms with Crippen molar-refractivity contribution in [3.05, 3.63) is 21.9 Å². The third kappa shape index (κ3) is 5.68. The van der Waals surface area contributed by atoms with Crippen molar-refractivity contribution in [2.45, 2.75) is 32.2 Å². The minimum absolute atomic E-state index is 0.186. The van der Waals surface area contributed by atoms with Gasteiger partial charge in [-0.05, 0) is 17.5 Å². The molecule has 0 bridgehead atoms. The minimum atomic E-state index is 0.186. The molecule has 0 saturated carbocycles.